The van der Waals surface area contributed by atoms with Crippen molar-refractivity contribution in [2.75, 3.05) is 6.54 Å². The topological polar surface area (TPSA) is 55.1 Å². The van der Waals surface area contributed by atoms with Crippen molar-refractivity contribution >= 4 is 5.91 Å². The quantitative estimate of drug-likeness (QED) is 0.902. The van der Waals surface area contributed by atoms with Crippen molar-refractivity contribution in [1.29, 1.82) is 0 Å². The lowest BCUT2D eigenvalue weighted by atomic mass is 9.73. The lowest BCUT2D eigenvalue weighted by Crippen LogP contribution is -2.59. The Balaban J connectivity index is 2.28. The Morgan fingerprint density at radius 3 is 2.48 bits per heavy atom. The van der Waals surface area contributed by atoms with E-state index in [1.807, 2.05) is 6.92 Å². The Hall–Kier alpha value is -1.56. The third-order valence-electron chi connectivity index (χ3n) is 4.41. The van der Waals surface area contributed by atoms with E-state index in [1.54, 1.807) is 0 Å². The summed E-state index contributed by atoms with van der Waals surface area (Å²) in [6.45, 7) is 2.16. The van der Waals surface area contributed by atoms with E-state index >= 15 is 0 Å². The van der Waals surface area contributed by atoms with Gasteiger partial charge in [-0.2, -0.15) is 0 Å². The number of halogens is 3. The van der Waals surface area contributed by atoms with E-state index in [2.05, 4.69) is 5.32 Å². The predicted octanol–water partition coefficient (Wildman–Crippen LogP) is 2.74. The number of nitrogens with two attached hydrogens (primary N) is 1. The molecular formula is C15H19F3N2O. The number of carbonyl (C=O) groups is 1. The van der Waals surface area contributed by atoms with Gasteiger partial charge in [-0.3, -0.25) is 4.79 Å². The van der Waals surface area contributed by atoms with Gasteiger partial charge in [0.25, 0.3) is 5.91 Å². The maximum absolute atomic E-state index is 13.7. The van der Waals surface area contributed by atoms with Crippen LogP contribution in [0.1, 0.15) is 43.0 Å². The van der Waals surface area contributed by atoms with Crippen molar-refractivity contribution in [3.05, 3.63) is 35.1 Å². The van der Waals surface area contributed by atoms with E-state index in [1.165, 1.54) is 0 Å². The summed E-state index contributed by atoms with van der Waals surface area (Å²) in [5, 5.41) is 2.68. The van der Waals surface area contributed by atoms with E-state index < -0.39 is 34.5 Å². The summed E-state index contributed by atoms with van der Waals surface area (Å²) in [5.41, 5.74) is 4.37. The molecule has 1 saturated carbocycles. The molecule has 1 aliphatic rings. The van der Waals surface area contributed by atoms with Crippen LogP contribution in [-0.4, -0.2) is 18.0 Å². The van der Waals surface area contributed by atoms with Crippen LogP contribution >= 0.6 is 0 Å². The maximum Gasteiger partial charge on any atom is 0.257 e. The van der Waals surface area contributed by atoms with E-state index in [9.17, 15) is 18.0 Å². The molecule has 0 bridgehead atoms. The van der Waals surface area contributed by atoms with Crippen molar-refractivity contribution in [2.24, 2.45) is 11.7 Å². The fraction of sp³-hybridized carbons (Fsp3) is 0.533. The molecule has 1 aliphatic carbocycles. The van der Waals surface area contributed by atoms with E-state index in [4.69, 9.17) is 5.73 Å². The average Bonchev–Trinajstić information content (AvgIpc) is 2.40. The Bertz CT molecular complexity index is 527. The highest BCUT2D eigenvalue weighted by molar-refractivity contribution is 5.95. The second kappa shape index (κ2) is 6.05. The number of hydrogen-bond donors (Lipinski definition) is 2. The molecule has 0 heterocycles. The minimum absolute atomic E-state index is 0.117. The SMILES string of the molecule is CC1CCCCC1(CN)NC(=O)c1c(F)cc(F)cc1F. The van der Waals surface area contributed by atoms with Crippen LogP contribution in [0.2, 0.25) is 0 Å². The van der Waals surface area contributed by atoms with E-state index in [0.29, 0.717) is 18.6 Å². The molecule has 2 rings (SSSR count). The number of benzene rings is 1. The molecule has 0 saturated heterocycles. The van der Waals surface area contributed by atoms with Crippen LogP contribution in [0.15, 0.2) is 12.1 Å². The molecule has 1 aromatic carbocycles. The van der Waals surface area contributed by atoms with Crippen LogP contribution in [-0.2, 0) is 0 Å². The summed E-state index contributed by atoms with van der Waals surface area (Å²) < 4.78 is 40.2. The van der Waals surface area contributed by atoms with Crippen molar-refractivity contribution in [3.63, 3.8) is 0 Å². The Morgan fingerprint density at radius 1 is 1.33 bits per heavy atom. The van der Waals surface area contributed by atoms with Crippen LogP contribution in [0, 0.1) is 23.4 Å². The van der Waals surface area contributed by atoms with Crippen LogP contribution in [0.25, 0.3) is 0 Å². The highest BCUT2D eigenvalue weighted by Crippen LogP contribution is 2.33. The van der Waals surface area contributed by atoms with Crippen LogP contribution < -0.4 is 11.1 Å². The highest BCUT2D eigenvalue weighted by atomic mass is 19.1. The van der Waals surface area contributed by atoms with Crippen molar-refractivity contribution in [2.45, 2.75) is 38.1 Å². The zero-order valence-electron chi connectivity index (χ0n) is 11.9. The molecule has 1 aromatic rings. The largest absolute Gasteiger partial charge is 0.345 e. The first-order chi connectivity index (χ1) is 9.89. The second-order valence-corrected chi connectivity index (χ2v) is 5.71. The summed E-state index contributed by atoms with van der Waals surface area (Å²) >= 11 is 0. The average molecular weight is 300 g/mol. The molecule has 116 valence electrons. The molecule has 21 heavy (non-hydrogen) atoms. The minimum Gasteiger partial charge on any atom is -0.345 e. The van der Waals surface area contributed by atoms with Gasteiger partial charge in [-0.15, -0.1) is 0 Å². The highest BCUT2D eigenvalue weighted by Gasteiger charge is 2.39. The van der Waals surface area contributed by atoms with E-state index in [-0.39, 0.29) is 12.5 Å². The standard InChI is InChI=1S/C15H19F3N2O/c1-9-4-2-3-5-15(9,8-19)20-14(21)13-11(17)6-10(16)7-12(13)18/h6-7,9H,2-5,8,19H2,1H3,(H,20,21). The third-order valence-corrected chi connectivity index (χ3v) is 4.41. The van der Waals surface area contributed by atoms with Gasteiger partial charge in [0.2, 0.25) is 0 Å². The molecule has 2 atom stereocenters. The minimum atomic E-state index is -1.21. The normalized spacial score (nSPS) is 25.7. The van der Waals surface area contributed by atoms with Gasteiger partial charge in [0, 0.05) is 18.7 Å². The summed E-state index contributed by atoms with van der Waals surface area (Å²) in [5.74, 6) is -4.24. The molecule has 0 aliphatic heterocycles. The molecule has 0 aromatic heterocycles. The van der Waals surface area contributed by atoms with Crippen LogP contribution in [0.4, 0.5) is 13.2 Å². The number of hydrogen-bond acceptors (Lipinski definition) is 2. The monoisotopic (exact) mass is 300 g/mol. The predicted molar refractivity (Wildman–Crippen MR) is 73.2 cm³/mol. The molecule has 1 amide bonds. The first kappa shape index (κ1) is 15.8. The fourth-order valence-electron chi connectivity index (χ4n) is 3.00. The number of rotatable bonds is 3. The molecule has 3 nitrogen and oxygen atoms in total. The van der Waals surface area contributed by atoms with Crippen LogP contribution in [0.5, 0.6) is 0 Å². The Labute approximate surface area is 121 Å². The lowest BCUT2D eigenvalue weighted by Gasteiger charge is -2.42. The summed E-state index contributed by atoms with van der Waals surface area (Å²) in [6, 6.07) is 0.995. The maximum atomic E-state index is 13.7. The molecule has 3 N–H and O–H groups in total. The lowest BCUT2D eigenvalue weighted by molar-refractivity contribution is 0.0804. The zero-order valence-corrected chi connectivity index (χ0v) is 11.9. The van der Waals surface area contributed by atoms with Crippen molar-refractivity contribution in [1.82, 2.24) is 5.32 Å². The summed E-state index contributed by atoms with van der Waals surface area (Å²) in [7, 11) is 0. The van der Waals surface area contributed by atoms with Gasteiger partial charge in [0.05, 0.1) is 5.54 Å². The summed E-state index contributed by atoms with van der Waals surface area (Å²) in [6.07, 6.45) is 3.50. The number of nitrogens with one attached hydrogen (secondary N) is 1. The Kier molecular flexibility index (Phi) is 4.56. The van der Waals surface area contributed by atoms with Crippen molar-refractivity contribution < 1.29 is 18.0 Å². The molecule has 0 spiro atoms. The molecule has 6 heteroatoms. The molecule has 2 unspecified atom stereocenters. The first-order valence-corrected chi connectivity index (χ1v) is 7.07. The number of carbonyl (C=O) groups excluding carboxylic acids is 1. The zero-order chi connectivity index (χ0) is 15.6. The van der Waals surface area contributed by atoms with Gasteiger partial charge in [0.1, 0.15) is 23.0 Å². The van der Waals surface area contributed by atoms with Gasteiger partial charge in [0.15, 0.2) is 0 Å². The summed E-state index contributed by atoms with van der Waals surface area (Å²) in [4.78, 5) is 12.2. The first-order valence-electron chi connectivity index (χ1n) is 7.07. The fourth-order valence-corrected chi connectivity index (χ4v) is 3.00. The molecule has 0 radical (unpaired) electrons. The second-order valence-electron chi connectivity index (χ2n) is 5.71. The third kappa shape index (κ3) is 3.05. The van der Waals surface area contributed by atoms with E-state index in [0.717, 1.165) is 19.3 Å². The molecule has 1 fully saturated rings. The smallest absolute Gasteiger partial charge is 0.257 e. The van der Waals surface area contributed by atoms with Gasteiger partial charge in [-0.1, -0.05) is 19.8 Å². The Morgan fingerprint density at radius 2 is 1.95 bits per heavy atom. The van der Waals surface area contributed by atoms with Crippen LogP contribution in [0.3, 0.4) is 0 Å². The molecular weight excluding hydrogens is 281 g/mol. The van der Waals surface area contributed by atoms with Gasteiger partial charge in [-0.05, 0) is 18.8 Å². The van der Waals surface area contributed by atoms with Gasteiger partial charge in [-0.25, -0.2) is 13.2 Å². The number of amides is 1. The van der Waals surface area contributed by atoms with Crippen molar-refractivity contribution in [3.8, 4) is 0 Å². The van der Waals surface area contributed by atoms with Gasteiger partial charge >= 0.3 is 0 Å². The van der Waals surface area contributed by atoms with Gasteiger partial charge < -0.3 is 11.1 Å².